The molecule has 0 bridgehead atoms. The van der Waals surface area contributed by atoms with Gasteiger partial charge in [0.1, 0.15) is 0 Å². The molecule has 0 aliphatic carbocycles. The third-order valence-electron chi connectivity index (χ3n) is 3.43. The molecule has 0 radical (unpaired) electrons. The molecule has 0 saturated heterocycles. The van der Waals surface area contributed by atoms with Crippen molar-refractivity contribution in [2.45, 2.75) is 12.8 Å². The van der Waals surface area contributed by atoms with Gasteiger partial charge in [0.25, 0.3) is 0 Å². The first kappa shape index (κ1) is 11.8. The Labute approximate surface area is 112 Å². The summed E-state index contributed by atoms with van der Waals surface area (Å²) >= 11 is 0. The minimum absolute atomic E-state index is 0.0445. The molecular weight excluding hydrogens is 236 g/mol. The van der Waals surface area contributed by atoms with E-state index in [2.05, 4.69) is 10.6 Å². The number of anilines is 2. The average Bonchev–Trinajstić information content (AvgIpc) is 2.82. The number of rotatable bonds is 2. The van der Waals surface area contributed by atoms with E-state index in [4.69, 9.17) is 0 Å². The topological polar surface area (TPSA) is 41.1 Å². The Hall–Kier alpha value is -2.29. The highest BCUT2D eigenvalue weighted by molar-refractivity contribution is 5.98. The highest BCUT2D eigenvalue weighted by Crippen LogP contribution is 2.31. The third kappa shape index (κ3) is 2.32. The number of para-hydroxylation sites is 1. The number of fused-ring (bicyclic) bond motifs is 1. The van der Waals surface area contributed by atoms with Crippen LogP contribution in [0.3, 0.4) is 0 Å². The van der Waals surface area contributed by atoms with Crippen molar-refractivity contribution >= 4 is 17.3 Å². The van der Waals surface area contributed by atoms with Crippen LogP contribution < -0.4 is 10.6 Å². The molecule has 1 atom stereocenters. The Morgan fingerprint density at radius 3 is 2.89 bits per heavy atom. The van der Waals surface area contributed by atoms with Gasteiger partial charge < -0.3 is 10.6 Å². The fraction of sp³-hybridized carbons (Fsp3) is 0.188. The van der Waals surface area contributed by atoms with E-state index in [1.54, 1.807) is 0 Å². The molecule has 96 valence electrons. The van der Waals surface area contributed by atoms with E-state index in [1.165, 1.54) is 0 Å². The van der Waals surface area contributed by atoms with Crippen LogP contribution in [0.15, 0.2) is 48.5 Å². The Kier molecular flexibility index (Phi) is 2.95. The maximum atomic E-state index is 12.3. The highest BCUT2D eigenvalue weighted by Gasteiger charge is 2.27. The van der Waals surface area contributed by atoms with Crippen molar-refractivity contribution < 1.29 is 4.79 Å². The van der Waals surface area contributed by atoms with Crippen LogP contribution in [0.25, 0.3) is 0 Å². The molecule has 2 aromatic rings. The van der Waals surface area contributed by atoms with Crippen LogP contribution in [-0.4, -0.2) is 12.5 Å². The van der Waals surface area contributed by atoms with E-state index in [9.17, 15) is 4.79 Å². The molecule has 3 rings (SSSR count). The van der Waals surface area contributed by atoms with Gasteiger partial charge in [-0.25, -0.2) is 0 Å². The minimum Gasteiger partial charge on any atom is -0.384 e. The van der Waals surface area contributed by atoms with Crippen LogP contribution in [0.2, 0.25) is 0 Å². The molecule has 1 amide bonds. The van der Waals surface area contributed by atoms with Gasteiger partial charge in [-0.3, -0.25) is 4.79 Å². The zero-order chi connectivity index (χ0) is 13.2. The van der Waals surface area contributed by atoms with Crippen molar-refractivity contribution in [3.05, 3.63) is 59.7 Å². The number of aryl methyl sites for hydroxylation is 1. The smallest absolute Gasteiger partial charge is 0.233 e. The van der Waals surface area contributed by atoms with Crippen molar-refractivity contribution in [1.29, 1.82) is 0 Å². The number of hydrogen-bond donors (Lipinski definition) is 2. The Bertz CT molecular complexity index is 622. The maximum Gasteiger partial charge on any atom is 0.233 e. The van der Waals surface area contributed by atoms with Gasteiger partial charge >= 0.3 is 0 Å². The summed E-state index contributed by atoms with van der Waals surface area (Å²) < 4.78 is 0. The number of hydrogen-bond acceptors (Lipinski definition) is 2. The lowest BCUT2D eigenvalue weighted by Crippen LogP contribution is -2.22. The Morgan fingerprint density at radius 1 is 1.21 bits per heavy atom. The predicted octanol–water partition coefficient (Wildman–Crippen LogP) is 3.14. The first-order valence-corrected chi connectivity index (χ1v) is 6.44. The van der Waals surface area contributed by atoms with Gasteiger partial charge in [0.2, 0.25) is 5.91 Å². The van der Waals surface area contributed by atoms with E-state index in [0.29, 0.717) is 6.54 Å². The molecule has 1 unspecified atom stereocenters. The largest absolute Gasteiger partial charge is 0.384 e. The highest BCUT2D eigenvalue weighted by atomic mass is 16.1. The molecule has 19 heavy (non-hydrogen) atoms. The summed E-state index contributed by atoms with van der Waals surface area (Å²) in [6.45, 7) is 2.68. The van der Waals surface area contributed by atoms with E-state index in [1.807, 2.05) is 55.5 Å². The number of carbonyl (C=O) groups excluding carboxylic acids is 1. The molecular formula is C16H16N2O. The van der Waals surface area contributed by atoms with E-state index in [0.717, 1.165) is 22.5 Å². The molecule has 2 N–H and O–H groups in total. The normalized spacial score (nSPS) is 16.6. The van der Waals surface area contributed by atoms with Gasteiger partial charge in [0.15, 0.2) is 0 Å². The molecule has 0 aromatic heterocycles. The molecule has 1 aliphatic heterocycles. The summed E-state index contributed by atoms with van der Waals surface area (Å²) in [7, 11) is 0. The summed E-state index contributed by atoms with van der Waals surface area (Å²) in [6.07, 6.45) is 0. The first-order chi connectivity index (χ1) is 9.24. The molecule has 1 heterocycles. The van der Waals surface area contributed by atoms with E-state index < -0.39 is 0 Å². The van der Waals surface area contributed by atoms with Gasteiger partial charge in [0.05, 0.1) is 5.92 Å². The molecule has 0 saturated carbocycles. The second-order valence-electron chi connectivity index (χ2n) is 4.88. The van der Waals surface area contributed by atoms with Gasteiger partial charge in [-0.1, -0.05) is 30.3 Å². The summed E-state index contributed by atoms with van der Waals surface area (Å²) in [5.74, 6) is -0.0697. The Balaban J connectivity index is 1.79. The number of amides is 1. The van der Waals surface area contributed by atoms with Crippen molar-refractivity contribution in [2.75, 3.05) is 17.2 Å². The van der Waals surface area contributed by atoms with Crippen molar-refractivity contribution in [2.24, 2.45) is 0 Å². The molecule has 1 aliphatic rings. The lowest BCUT2D eigenvalue weighted by Gasteiger charge is -2.11. The van der Waals surface area contributed by atoms with Crippen LogP contribution in [0.1, 0.15) is 17.0 Å². The molecule has 3 nitrogen and oxygen atoms in total. The zero-order valence-corrected chi connectivity index (χ0v) is 10.8. The van der Waals surface area contributed by atoms with E-state index >= 15 is 0 Å². The standard InChI is InChI=1S/C16H16N2O/c1-11-5-4-6-12(9-11)18-16(19)14-10-17-15-8-3-2-7-13(14)15/h2-9,14,17H,10H2,1H3,(H,18,19). The second kappa shape index (κ2) is 4.76. The molecule has 3 heteroatoms. The fourth-order valence-corrected chi connectivity index (χ4v) is 2.47. The van der Waals surface area contributed by atoms with Crippen LogP contribution in [0, 0.1) is 6.92 Å². The summed E-state index contributed by atoms with van der Waals surface area (Å²) in [5.41, 5.74) is 4.14. The maximum absolute atomic E-state index is 12.3. The predicted molar refractivity (Wildman–Crippen MR) is 77.5 cm³/mol. The third-order valence-corrected chi connectivity index (χ3v) is 3.43. The first-order valence-electron chi connectivity index (χ1n) is 6.44. The van der Waals surface area contributed by atoms with Gasteiger partial charge in [-0.2, -0.15) is 0 Å². The quantitative estimate of drug-likeness (QED) is 0.862. The monoisotopic (exact) mass is 252 g/mol. The second-order valence-corrected chi connectivity index (χ2v) is 4.88. The zero-order valence-electron chi connectivity index (χ0n) is 10.8. The van der Waals surface area contributed by atoms with Gasteiger partial charge in [-0.15, -0.1) is 0 Å². The minimum atomic E-state index is -0.114. The van der Waals surface area contributed by atoms with Crippen LogP contribution >= 0.6 is 0 Å². The Morgan fingerprint density at radius 2 is 2.05 bits per heavy atom. The van der Waals surface area contributed by atoms with Crippen molar-refractivity contribution in [3.8, 4) is 0 Å². The SMILES string of the molecule is Cc1cccc(NC(=O)C2CNc3ccccc32)c1. The van der Waals surface area contributed by atoms with E-state index in [-0.39, 0.29) is 11.8 Å². The van der Waals surface area contributed by atoms with Crippen LogP contribution in [0.5, 0.6) is 0 Å². The van der Waals surface area contributed by atoms with Gasteiger partial charge in [-0.05, 0) is 36.2 Å². The van der Waals surface area contributed by atoms with Crippen LogP contribution in [-0.2, 0) is 4.79 Å². The lowest BCUT2D eigenvalue weighted by molar-refractivity contribution is -0.117. The summed E-state index contributed by atoms with van der Waals surface area (Å²) in [6, 6.07) is 15.8. The summed E-state index contributed by atoms with van der Waals surface area (Å²) in [4.78, 5) is 12.3. The number of benzene rings is 2. The van der Waals surface area contributed by atoms with Gasteiger partial charge in [0, 0.05) is 17.9 Å². The molecule has 0 spiro atoms. The van der Waals surface area contributed by atoms with Crippen molar-refractivity contribution in [1.82, 2.24) is 0 Å². The van der Waals surface area contributed by atoms with Crippen molar-refractivity contribution in [3.63, 3.8) is 0 Å². The number of nitrogens with one attached hydrogen (secondary N) is 2. The average molecular weight is 252 g/mol. The molecule has 2 aromatic carbocycles. The number of carbonyl (C=O) groups is 1. The molecule has 0 fully saturated rings. The summed E-state index contributed by atoms with van der Waals surface area (Å²) in [5, 5.41) is 6.25. The lowest BCUT2D eigenvalue weighted by atomic mass is 10.0. The fourth-order valence-electron chi connectivity index (χ4n) is 2.47. The van der Waals surface area contributed by atoms with Crippen LogP contribution in [0.4, 0.5) is 11.4 Å².